The summed E-state index contributed by atoms with van der Waals surface area (Å²) >= 11 is 0. The van der Waals surface area contributed by atoms with Crippen LogP contribution in [0.3, 0.4) is 0 Å². The van der Waals surface area contributed by atoms with Gasteiger partial charge in [0.2, 0.25) is 11.8 Å². The lowest BCUT2D eigenvalue weighted by Crippen LogP contribution is -2.69. The van der Waals surface area contributed by atoms with Crippen molar-refractivity contribution in [1.82, 2.24) is 0 Å². The van der Waals surface area contributed by atoms with Crippen LogP contribution in [0.4, 0.5) is 0 Å². The number of carbonyl (C=O) groups is 4. The zero-order chi connectivity index (χ0) is 70.3. The van der Waals surface area contributed by atoms with Gasteiger partial charge in [0, 0.05) is 36.7 Å². The molecule has 0 saturated carbocycles. The number of carbonyl (C=O) groups excluding carboxylic acids is 4. The molecule has 2 amide bonds. The van der Waals surface area contributed by atoms with Gasteiger partial charge >= 0.3 is 11.9 Å². The molecule has 20 atom stereocenters. The number of nitrogens with zero attached hydrogens (tertiary/aromatic N) is 6. The van der Waals surface area contributed by atoms with Crippen molar-refractivity contribution in [2.45, 2.75) is 177 Å². The third kappa shape index (κ3) is 19.8. The summed E-state index contributed by atoms with van der Waals surface area (Å²) in [4.78, 5) is 61.5. The molecule has 0 bridgehead atoms. The molecular formula is C72H82N8O20. The van der Waals surface area contributed by atoms with Gasteiger partial charge in [-0.2, -0.15) is 0 Å². The SMILES string of the molecule is CO[C@@H]1OC(COCc2ccccc2)[C@H](O[C@@H]2OC(C(N)=O)[C@H](O[C@@H]3OC(COCc4ccccc4)[C@H](O[C@@H]4OC(C(N)=O)[C@H](C)[C@H](OCc5ccccc5)C4OC(C)=O)[C@H](OCc4ccccc4)C3N=[N+]=[N-])[C@H](OCc3ccccc3)C2OC(C)=O)[C@H](OCc2ccccc2)C1N=[N+]=[N-]. The van der Waals surface area contributed by atoms with Crippen molar-refractivity contribution in [1.29, 1.82) is 0 Å². The minimum Gasteiger partial charge on any atom is -0.454 e. The number of ether oxygens (including phenoxy) is 16. The van der Waals surface area contributed by atoms with Gasteiger partial charge in [-0.1, -0.05) is 199 Å². The van der Waals surface area contributed by atoms with E-state index < -0.39 is 146 Å². The van der Waals surface area contributed by atoms with Gasteiger partial charge in [-0.05, 0) is 44.4 Å². The van der Waals surface area contributed by atoms with Crippen LogP contribution in [-0.2, 0) is 135 Å². The van der Waals surface area contributed by atoms with Crippen molar-refractivity contribution in [2.75, 3.05) is 20.3 Å². The second-order valence-corrected chi connectivity index (χ2v) is 24.2. The summed E-state index contributed by atoms with van der Waals surface area (Å²) in [5, 5.41) is 8.38. The first kappa shape index (κ1) is 74.0. The minimum absolute atomic E-state index is 0.00353. The Balaban J connectivity index is 1.06. The summed E-state index contributed by atoms with van der Waals surface area (Å²) < 4.78 is 106. The number of benzene rings is 6. The number of azide groups is 2. The number of amides is 2. The third-order valence-corrected chi connectivity index (χ3v) is 17.2. The molecule has 0 radical (unpaired) electrons. The van der Waals surface area contributed by atoms with E-state index >= 15 is 0 Å². The Labute approximate surface area is 577 Å². The summed E-state index contributed by atoms with van der Waals surface area (Å²) in [5.74, 6) is -4.48. The first-order valence-electron chi connectivity index (χ1n) is 32.7. The van der Waals surface area contributed by atoms with Crippen LogP contribution in [0.15, 0.2) is 192 Å². The van der Waals surface area contributed by atoms with Gasteiger partial charge < -0.3 is 87.3 Å². The Morgan fingerprint density at radius 1 is 0.400 bits per heavy atom. The highest BCUT2D eigenvalue weighted by Gasteiger charge is 2.60. The largest absolute Gasteiger partial charge is 0.454 e. The first-order chi connectivity index (χ1) is 48.7. The number of esters is 2. The van der Waals surface area contributed by atoms with E-state index in [1.165, 1.54) is 14.0 Å². The molecular weight excluding hydrogens is 1300 g/mol. The first-order valence-corrected chi connectivity index (χ1v) is 32.7. The lowest BCUT2D eigenvalue weighted by Gasteiger charge is -2.51. The standard InChI is InChI=1S/C72H82N8O20/c1-43-56(88-37-48-27-15-7-16-28-48)65(92-44(2)81)71(96-57(43)67(73)83)97-59-53(42-87-36-47-25-13-6-14-26-47)95-70(55(78-80-76)61(59)90-39-50-31-19-9-20-32-50)99-63-62(91-40-51-33-21-10-22-34-51)66(93-45(3)82)72(100-64(63)68(74)84)98-58-52(41-86-35-46-23-11-5-12-24-46)94-69(85-4)54(77-79-75)60(58)89-38-49-29-17-8-18-30-49/h5-34,43,52-66,69-72H,35-42H2,1-4H3,(H2,73,83)(H2,74,84)/t43-,52?,53?,54?,55?,56+,57?,58+,59+,60-,61-,62+,63-,64?,65?,66?,69-,70+,71+,72-/m1/s1. The Morgan fingerprint density at radius 2 is 0.720 bits per heavy atom. The molecule has 0 aromatic heterocycles. The minimum atomic E-state index is -1.93. The van der Waals surface area contributed by atoms with Crippen LogP contribution in [-0.4, -0.2) is 161 Å². The van der Waals surface area contributed by atoms with Crippen molar-refractivity contribution < 1.29 is 95.0 Å². The zero-order valence-corrected chi connectivity index (χ0v) is 55.5. The Kier molecular flexibility index (Phi) is 27.4. The van der Waals surface area contributed by atoms with Gasteiger partial charge in [-0.25, -0.2) is 0 Å². The number of nitrogens with two attached hydrogens (primary N) is 2. The lowest BCUT2D eigenvalue weighted by molar-refractivity contribution is -0.375. The van der Waals surface area contributed by atoms with Crippen molar-refractivity contribution in [3.05, 3.63) is 236 Å². The maximum absolute atomic E-state index is 14.6. The number of hydrogen-bond acceptors (Lipinski definition) is 22. The van der Waals surface area contributed by atoms with Gasteiger partial charge in [0.15, 0.2) is 43.5 Å². The monoisotopic (exact) mass is 1380 g/mol. The summed E-state index contributed by atoms with van der Waals surface area (Å²) in [7, 11) is 1.37. The number of methoxy groups -OCH3 is 1. The van der Waals surface area contributed by atoms with Crippen LogP contribution in [0.5, 0.6) is 0 Å². The summed E-state index contributed by atoms with van der Waals surface area (Å²) in [6.07, 6.45) is -25.7. The maximum atomic E-state index is 14.6. The number of primary amides is 2. The number of hydrogen-bond donors (Lipinski definition) is 2. The van der Waals surface area contributed by atoms with E-state index in [1.807, 2.05) is 127 Å². The average Bonchev–Trinajstić information content (AvgIpc) is 0.765. The fourth-order valence-corrected chi connectivity index (χ4v) is 12.5. The fraction of sp³-hybridized carbons (Fsp3) is 0.444. The van der Waals surface area contributed by atoms with E-state index in [2.05, 4.69) is 20.1 Å². The lowest BCUT2D eigenvalue weighted by atomic mass is 9.89. The highest BCUT2D eigenvalue weighted by Crippen LogP contribution is 2.41. The van der Waals surface area contributed by atoms with Crippen LogP contribution in [0.1, 0.15) is 54.2 Å². The average molecular weight is 1380 g/mol. The summed E-state index contributed by atoms with van der Waals surface area (Å²) in [5.41, 5.74) is 37.7. The van der Waals surface area contributed by atoms with Gasteiger partial charge in [0.1, 0.15) is 73.1 Å². The smallest absolute Gasteiger partial charge is 0.303 e. The van der Waals surface area contributed by atoms with Crippen LogP contribution < -0.4 is 11.5 Å². The normalized spacial score (nSPS) is 29.6. The molecule has 6 aromatic carbocycles. The van der Waals surface area contributed by atoms with E-state index in [4.69, 9.17) is 87.3 Å². The van der Waals surface area contributed by atoms with Gasteiger partial charge in [-0.3, -0.25) is 19.2 Å². The van der Waals surface area contributed by atoms with Crippen LogP contribution in [0, 0.1) is 5.92 Å². The fourth-order valence-electron chi connectivity index (χ4n) is 12.5. The van der Waals surface area contributed by atoms with E-state index in [0.717, 1.165) is 29.2 Å². The topological polar surface area (TPSA) is 366 Å². The molecule has 4 saturated heterocycles. The van der Waals surface area contributed by atoms with Crippen molar-refractivity contribution >= 4 is 23.8 Å². The molecule has 4 N–H and O–H groups in total. The highest BCUT2D eigenvalue weighted by molar-refractivity contribution is 5.80. The van der Waals surface area contributed by atoms with E-state index in [-0.39, 0.29) is 52.9 Å². The van der Waals surface area contributed by atoms with E-state index in [9.17, 15) is 30.2 Å². The van der Waals surface area contributed by atoms with Crippen molar-refractivity contribution in [3.63, 3.8) is 0 Å². The Bertz CT molecular complexity index is 3630. The van der Waals surface area contributed by atoms with E-state index in [1.54, 1.807) is 61.5 Å². The van der Waals surface area contributed by atoms with Crippen LogP contribution in [0.25, 0.3) is 20.9 Å². The molecule has 0 spiro atoms. The van der Waals surface area contributed by atoms with Gasteiger partial charge in [0.25, 0.3) is 0 Å². The molecule has 4 aliphatic heterocycles. The Hall–Kier alpha value is -8.74. The molecule has 10 rings (SSSR count). The maximum Gasteiger partial charge on any atom is 0.303 e. The highest BCUT2D eigenvalue weighted by atomic mass is 16.8. The predicted octanol–water partition coefficient (Wildman–Crippen LogP) is 8.29. The predicted molar refractivity (Wildman–Crippen MR) is 353 cm³/mol. The molecule has 100 heavy (non-hydrogen) atoms. The second kappa shape index (κ2) is 37.1. The second-order valence-electron chi connectivity index (χ2n) is 24.2. The van der Waals surface area contributed by atoms with Crippen LogP contribution in [0.2, 0.25) is 0 Å². The van der Waals surface area contributed by atoms with Crippen molar-refractivity contribution in [3.8, 4) is 0 Å². The van der Waals surface area contributed by atoms with E-state index in [0.29, 0.717) is 11.1 Å². The van der Waals surface area contributed by atoms with Crippen LogP contribution >= 0.6 is 0 Å². The van der Waals surface area contributed by atoms with Gasteiger partial charge in [-0.15, -0.1) is 0 Å². The summed E-state index contributed by atoms with van der Waals surface area (Å²) in [6, 6.07) is 51.8. The molecule has 530 valence electrons. The quantitative estimate of drug-likeness (QED) is 0.0169. The molecule has 0 aliphatic carbocycles. The molecule has 28 heteroatoms. The number of rotatable bonds is 33. The van der Waals surface area contributed by atoms with Crippen molar-refractivity contribution in [2.24, 2.45) is 27.6 Å². The summed E-state index contributed by atoms with van der Waals surface area (Å²) in [6.45, 7) is 3.13. The molecule has 28 nitrogen and oxygen atoms in total. The zero-order valence-electron chi connectivity index (χ0n) is 55.5. The molecule has 6 aromatic rings. The molecule has 4 fully saturated rings. The third-order valence-electron chi connectivity index (χ3n) is 17.2. The Morgan fingerprint density at radius 3 is 1.08 bits per heavy atom. The van der Waals surface area contributed by atoms with Gasteiger partial charge in [0.05, 0.1) is 52.9 Å². The molecule has 4 aliphatic rings. The molecule has 4 heterocycles. The molecule has 8 unspecified atom stereocenters.